The van der Waals surface area contributed by atoms with E-state index in [0.29, 0.717) is 10.9 Å². The van der Waals surface area contributed by atoms with Crippen LogP contribution in [0, 0.1) is 0 Å². The van der Waals surface area contributed by atoms with Gasteiger partial charge in [0.15, 0.2) is 0 Å². The molecule has 0 aliphatic rings. The van der Waals surface area contributed by atoms with Crippen molar-refractivity contribution >= 4 is 17.6 Å². The lowest BCUT2D eigenvalue weighted by Crippen LogP contribution is -1.96. The van der Waals surface area contributed by atoms with Gasteiger partial charge in [0.05, 0.1) is 5.56 Å². The van der Waals surface area contributed by atoms with Crippen molar-refractivity contribution in [3.63, 3.8) is 0 Å². The first-order valence-electron chi connectivity index (χ1n) is 6.12. The number of carbonyl (C=O) groups is 1. The van der Waals surface area contributed by atoms with Crippen molar-refractivity contribution in [2.45, 2.75) is 19.8 Å². The molecule has 0 fully saturated rings. The average molecular weight is 275 g/mol. The second kappa shape index (κ2) is 5.45. The van der Waals surface area contributed by atoms with Crippen LogP contribution >= 0.6 is 11.6 Å². The van der Waals surface area contributed by atoms with Gasteiger partial charge >= 0.3 is 5.97 Å². The zero-order valence-electron chi connectivity index (χ0n) is 10.9. The van der Waals surface area contributed by atoms with Crippen LogP contribution in [0.4, 0.5) is 0 Å². The van der Waals surface area contributed by atoms with Crippen LogP contribution in [0.3, 0.4) is 0 Å². The third kappa shape index (κ3) is 2.96. The number of carboxylic acids is 1. The number of rotatable bonds is 3. The fourth-order valence-corrected chi connectivity index (χ4v) is 2.24. The van der Waals surface area contributed by atoms with Crippen LogP contribution in [0.15, 0.2) is 42.5 Å². The zero-order chi connectivity index (χ0) is 14.0. The highest BCUT2D eigenvalue weighted by atomic mass is 35.5. The molecule has 2 aromatic rings. The molecule has 0 spiro atoms. The van der Waals surface area contributed by atoms with Crippen molar-refractivity contribution in [3.05, 3.63) is 58.6 Å². The Kier molecular flexibility index (Phi) is 3.91. The Balaban J connectivity index is 2.47. The van der Waals surface area contributed by atoms with Gasteiger partial charge < -0.3 is 5.11 Å². The van der Waals surface area contributed by atoms with Crippen molar-refractivity contribution in [2.75, 3.05) is 0 Å². The second-order valence-corrected chi connectivity index (χ2v) is 5.19. The van der Waals surface area contributed by atoms with E-state index >= 15 is 0 Å². The molecule has 0 amide bonds. The number of hydrogen-bond acceptors (Lipinski definition) is 1. The van der Waals surface area contributed by atoms with Gasteiger partial charge in [0.25, 0.3) is 0 Å². The third-order valence-electron chi connectivity index (χ3n) is 3.08. The van der Waals surface area contributed by atoms with E-state index in [4.69, 9.17) is 16.7 Å². The Bertz CT molecular complexity index is 618. The molecule has 19 heavy (non-hydrogen) atoms. The van der Waals surface area contributed by atoms with Crippen molar-refractivity contribution in [1.82, 2.24) is 0 Å². The smallest absolute Gasteiger partial charge is 0.335 e. The van der Waals surface area contributed by atoms with Crippen LogP contribution in [0.2, 0.25) is 5.02 Å². The molecule has 0 bridgehead atoms. The summed E-state index contributed by atoms with van der Waals surface area (Å²) >= 11 is 6.18. The quantitative estimate of drug-likeness (QED) is 0.870. The van der Waals surface area contributed by atoms with Gasteiger partial charge in [0.1, 0.15) is 0 Å². The van der Waals surface area contributed by atoms with Crippen molar-refractivity contribution in [3.8, 4) is 11.1 Å². The molecule has 2 rings (SSSR count). The monoisotopic (exact) mass is 274 g/mol. The van der Waals surface area contributed by atoms with E-state index < -0.39 is 5.97 Å². The lowest BCUT2D eigenvalue weighted by molar-refractivity contribution is 0.0697. The summed E-state index contributed by atoms with van der Waals surface area (Å²) in [6, 6.07) is 13.0. The van der Waals surface area contributed by atoms with E-state index in [2.05, 4.69) is 26.0 Å². The van der Waals surface area contributed by atoms with Gasteiger partial charge in [0.2, 0.25) is 0 Å². The van der Waals surface area contributed by atoms with Crippen molar-refractivity contribution < 1.29 is 9.90 Å². The standard InChI is InChI=1S/C16H15ClO2/c1-10(2)11-4-3-5-12(8-11)14-7-6-13(16(18)19)9-15(14)17/h3-10H,1-2H3,(H,18,19). The maximum atomic E-state index is 10.9. The molecule has 0 heterocycles. The minimum absolute atomic E-state index is 0.203. The molecule has 0 saturated carbocycles. The molecule has 98 valence electrons. The maximum Gasteiger partial charge on any atom is 0.335 e. The lowest BCUT2D eigenvalue weighted by Gasteiger charge is -2.10. The number of aromatic carboxylic acids is 1. The van der Waals surface area contributed by atoms with Crippen LogP contribution in [-0.4, -0.2) is 11.1 Å². The van der Waals surface area contributed by atoms with E-state index in [0.717, 1.165) is 11.1 Å². The fraction of sp³-hybridized carbons (Fsp3) is 0.188. The zero-order valence-corrected chi connectivity index (χ0v) is 11.6. The molecular formula is C16H15ClO2. The topological polar surface area (TPSA) is 37.3 Å². The van der Waals surface area contributed by atoms with Crippen molar-refractivity contribution in [1.29, 1.82) is 0 Å². The van der Waals surface area contributed by atoms with Crippen LogP contribution in [0.5, 0.6) is 0 Å². The summed E-state index contributed by atoms with van der Waals surface area (Å²) in [6.45, 7) is 4.27. The number of carboxylic acid groups (broad SMARTS) is 1. The minimum Gasteiger partial charge on any atom is -0.478 e. The Morgan fingerprint density at radius 1 is 1.16 bits per heavy atom. The van der Waals surface area contributed by atoms with Gasteiger partial charge in [-0.3, -0.25) is 0 Å². The summed E-state index contributed by atoms with van der Waals surface area (Å²) in [7, 11) is 0. The van der Waals surface area contributed by atoms with E-state index in [1.807, 2.05) is 12.1 Å². The number of hydrogen-bond donors (Lipinski definition) is 1. The molecule has 2 nitrogen and oxygen atoms in total. The first-order chi connectivity index (χ1) is 8.99. The van der Waals surface area contributed by atoms with Gasteiger partial charge in [-0.15, -0.1) is 0 Å². The van der Waals surface area contributed by atoms with Gasteiger partial charge in [-0.25, -0.2) is 4.79 Å². The number of benzene rings is 2. The molecule has 0 atom stereocenters. The highest BCUT2D eigenvalue weighted by Gasteiger charge is 2.09. The summed E-state index contributed by atoms with van der Waals surface area (Å²) in [4.78, 5) is 10.9. The third-order valence-corrected chi connectivity index (χ3v) is 3.39. The first-order valence-corrected chi connectivity index (χ1v) is 6.50. The van der Waals surface area contributed by atoms with Crippen molar-refractivity contribution in [2.24, 2.45) is 0 Å². The molecule has 0 aliphatic carbocycles. The predicted molar refractivity (Wildman–Crippen MR) is 77.9 cm³/mol. The second-order valence-electron chi connectivity index (χ2n) is 4.78. The average Bonchev–Trinajstić information content (AvgIpc) is 2.38. The molecule has 3 heteroatoms. The highest BCUT2D eigenvalue weighted by Crippen LogP contribution is 2.30. The van der Waals surface area contributed by atoms with Crippen LogP contribution in [0.25, 0.3) is 11.1 Å². The fourth-order valence-electron chi connectivity index (χ4n) is 1.95. The maximum absolute atomic E-state index is 10.9. The van der Waals surface area contributed by atoms with Crippen LogP contribution < -0.4 is 0 Å². The molecule has 0 saturated heterocycles. The molecule has 1 N–H and O–H groups in total. The van der Waals surface area contributed by atoms with E-state index in [1.165, 1.54) is 11.6 Å². The van der Waals surface area contributed by atoms with E-state index in [1.54, 1.807) is 12.1 Å². The van der Waals surface area contributed by atoms with Crippen LogP contribution in [0.1, 0.15) is 35.7 Å². The van der Waals surface area contributed by atoms with Gasteiger partial charge in [-0.05, 0) is 29.2 Å². The molecule has 2 aromatic carbocycles. The summed E-state index contributed by atoms with van der Waals surface area (Å²) in [5.74, 6) is -0.526. The molecule has 0 aromatic heterocycles. The Labute approximate surface area is 117 Å². The summed E-state index contributed by atoms with van der Waals surface area (Å²) in [5, 5.41) is 9.39. The predicted octanol–water partition coefficient (Wildman–Crippen LogP) is 4.83. The Hall–Kier alpha value is -1.80. The summed E-state index contributed by atoms with van der Waals surface area (Å²) in [5.41, 5.74) is 3.30. The minimum atomic E-state index is -0.968. The SMILES string of the molecule is CC(C)c1cccc(-c2ccc(C(=O)O)cc2Cl)c1. The highest BCUT2D eigenvalue weighted by molar-refractivity contribution is 6.33. The normalized spacial score (nSPS) is 10.7. The molecule has 0 unspecified atom stereocenters. The molecule has 0 aliphatic heterocycles. The van der Waals surface area contributed by atoms with Gasteiger partial charge in [-0.1, -0.05) is 55.8 Å². The first kappa shape index (κ1) is 13.6. The summed E-state index contributed by atoms with van der Waals surface area (Å²) in [6.07, 6.45) is 0. The van der Waals surface area contributed by atoms with Gasteiger partial charge in [0, 0.05) is 10.6 Å². The molecular weight excluding hydrogens is 260 g/mol. The molecule has 0 radical (unpaired) electrons. The number of halogens is 1. The lowest BCUT2D eigenvalue weighted by atomic mass is 9.97. The van der Waals surface area contributed by atoms with E-state index in [9.17, 15) is 4.79 Å². The Morgan fingerprint density at radius 3 is 2.47 bits per heavy atom. The summed E-state index contributed by atoms with van der Waals surface area (Å²) < 4.78 is 0. The largest absolute Gasteiger partial charge is 0.478 e. The Morgan fingerprint density at radius 2 is 1.89 bits per heavy atom. The van der Waals surface area contributed by atoms with Gasteiger partial charge in [-0.2, -0.15) is 0 Å². The van der Waals surface area contributed by atoms with Crippen LogP contribution in [-0.2, 0) is 0 Å². The van der Waals surface area contributed by atoms with E-state index in [-0.39, 0.29) is 5.56 Å².